The number of methoxy groups -OCH3 is 1. The summed E-state index contributed by atoms with van der Waals surface area (Å²) in [4.78, 5) is 22.9. The molecule has 3 aromatic carbocycles. The van der Waals surface area contributed by atoms with Crippen molar-refractivity contribution in [1.29, 1.82) is 0 Å². The van der Waals surface area contributed by atoms with Crippen molar-refractivity contribution in [3.63, 3.8) is 0 Å². The van der Waals surface area contributed by atoms with Gasteiger partial charge in [-0.1, -0.05) is 12.1 Å². The summed E-state index contributed by atoms with van der Waals surface area (Å²) in [5.74, 6) is -1.20. The van der Waals surface area contributed by atoms with Gasteiger partial charge in [0.1, 0.15) is 11.6 Å². The van der Waals surface area contributed by atoms with Crippen LogP contribution in [0.5, 0.6) is 5.75 Å². The Hall–Kier alpha value is -3.99. The van der Waals surface area contributed by atoms with Gasteiger partial charge in [0.05, 0.1) is 39.9 Å². The lowest BCUT2D eigenvalue weighted by Crippen LogP contribution is -2.19. The van der Waals surface area contributed by atoms with Crippen molar-refractivity contribution in [2.45, 2.75) is 4.90 Å². The van der Waals surface area contributed by atoms with Gasteiger partial charge in [0.25, 0.3) is 21.6 Å². The third kappa shape index (κ3) is 4.95. The van der Waals surface area contributed by atoms with E-state index < -0.39 is 26.7 Å². The second-order valence-corrected chi connectivity index (χ2v) is 7.88. The number of nitrogens with zero attached hydrogens (tertiary/aromatic N) is 1. The molecule has 0 atom stereocenters. The Labute approximate surface area is 176 Å². The number of nitro benzene ring substituents is 1. The van der Waals surface area contributed by atoms with Crippen LogP contribution >= 0.6 is 0 Å². The Balaban J connectivity index is 1.89. The topological polar surface area (TPSA) is 128 Å². The Morgan fingerprint density at radius 3 is 2.35 bits per heavy atom. The molecular formula is C20H16FN3O6S. The highest BCUT2D eigenvalue weighted by Gasteiger charge is 2.20. The number of amides is 1. The number of rotatable bonds is 7. The lowest BCUT2D eigenvalue weighted by Gasteiger charge is -2.14. The van der Waals surface area contributed by atoms with E-state index in [1.807, 2.05) is 0 Å². The summed E-state index contributed by atoms with van der Waals surface area (Å²) in [6.07, 6.45) is 0. The third-order valence-corrected chi connectivity index (χ3v) is 5.57. The van der Waals surface area contributed by atoms with Crippen molar-refractivity contribution in [2.75, 3.05) is 17.1 Å². The number of halogens is 1. The van der Waals surface area contributed by atoms with Gasteiger partial charge in [-0.25, -0.2) is 12.8 Å². The lowest BCUT2D eigenvalue weighted by molar-refractivity contribution is -0.384. The van der Waals surface area contributed by atoms with E-state index in [1.165, 1.54) is 43.5 Å². The SMILES string of the molecule is COc1cc([N+](=O)[O-])ccc1NC(=O)c1ccccc1NS(=O)(=O)c1ccc(F)cc1. The molecule has 11 heteroatoms. The molecule has 0 spiro atoms. The predicted octanol–water partition coefficient (Wildman–Crippen LogP) is 3.80. The van der Waals surface area contributed by atoms with E-state index in [0.717, 1.165) is 30.3 Å². The number of anilines is 2. The van der Waals surface area contributed by atoms with Crippen molar-refractivity contribution in [3.05, 3.63) is 88.2 Å². The van der Waals surface area contributed by atoms with E-state index in [1.54, 1.807) is 0 Å². The minimum absolute atomic E-state index is 0.00593. The maximum atomic E-state index is 13.1. The Kier molecular flexibility index (Phi) is 6.16. The molecule has 0 bridgehead atoms. The Morgan fingerprint density at radius 2 is 1.71 bits per heavy atom. The highest BCUT2D eigenvalue weighted by Crippen LogP contribution is 2.30. The molecule has 2 N–H and O–H groups in total. The van der Waals surface area contributed by atoms with Crippen LogP contribution in [-0.4, -0.2) is 26.4 Å². The Bertz CT molecular complexity index is 1250. The first kappa shape index (κ1) is 21.7. The molecule has 3 rings (SSSR count). The normalized spacial score (nSPS) is 10.9. The molecule has 0 saturated heterocycles. The summed E-state index contributed by atoms with van der Waals surface area (Å²) in [7, 11) is -2.79. The number of nitro groups is 1. The first-order valence-corrected chi connectivity index (χ1v) is 10.2. The molecule has 0 aliphatic heterocycles. The molecule has 0 heterocycles. The zero-order valence-electron chi connectivity index (χ0n) is 16.0. The van der Waals surface area contributed by atoms with Gasteiger partial charge in [-0.05, 0) is 42.5 Å². The summed E-state index contributed by atoms with van der Waals surface area (Å²) in [5, 5.41) is 13.5. The fourth-order valence-corrected chi connectivity index (χ4v) is 3.75. The number of carbonyl (C=O) groups excluding carboxylic acids is 1. The van der Waals surface area contributed by atoms with Gasteiger partial charge in [0.2, 0.25) is 0 Å². The van der Waals surface area contributed by atoms with Crippen molar-refractivity contribution in [3.8, 4) is 5.75 Å². The standard InChI is InChI=1S/C20H16FN3O6S/c1-30-19-12-14(24(26)27)8-11-18(19)22-20(25)16-4-2-3-5-17(16)23-31(28,29)15-9-6-13(21)7-10-15/h2-12,23H,1H3,(H,22,25). The van der Waals surface area contributed by atoms with Gasteiger partial charge >= 0.3 is 0 Å². The second-order valence-electron chi connectivity index (χ2n) is 6.20. The largest absolute Gasteiger partial charge is 0.494 e. The summed E-state index contributed by atoms with van der Waals surface area (Å²) < 4.78 is 45.7. The van der Waals surface area contributed by atoms with Gasteiger partial charge < -0.3 is 10.1 Å². The van der Waals surface area contributed by atoms with Crippen LogP contribution in [0.4, 0.5) is 21.5 Å². The zero-order chi connectivity index (χ0) is 22.6. The monoisotopic (exact) mass is 445 g/mol. The van der Waals surface area contributed by atoms with Crippen molar-refractivity contribution < 1.29 is 27.3 Å². The third-order valence-electron chi connectivity index (χ3n) is 4.18. The van der Waals surface area contributed by atoms with Gasteiger partial charge in [-0.15, -0.1) is 0 Å². The highest BCUT2D eigenvalue weighted by atomic mass is 32.2. The molecule has 1 amide bonds. The maximum absolute atomic E-state index is 13.1. The molecule has 9 nitrogen and oxygen atoms in total. The molecule has 0 fully saturated rings. The fourth-order valence-electron chi connectivity index (χ4n) is 2.67. The minimum Gasteiger partial charge on any atom is -0.494 e. The van der Waals surface area contributed by atoms with Crippen LogP contribution in [0.25, 0.3) is 0 Å². The van der Waals surface area contributed by atoms with E-state index >= 15 is 0 Å². The van der Waals surface area contributed by atoms with Crippen LogP contribution in [0.1, 0.15) is 10.4 Å². The highest BCUT2D eigenvalue weighted by molar-refractivity contribution is 7.92. The zero-order valence-corrected chi connectivity index (χ0v) is 16.9. The van der Waals surface area contributed by atoms with Crippen LogP contribution in [0.15, 0.2) is 71.6 Å². The number of para-hydroxylation sites is 1. The summed E-state index contributed by atoms with van der Waals surface area (Å²) in [6.45, 7) is 0. The minimum atomic E-state index is -4.08. The first-order valence-electron chi connectivity index (χ1n) is 8.72. The summed E-state index contributed by atoms with van der Waals surface area (Å²) in [5.41, 5.74) is -0.0737. The summed E-state index contributed by atoms with van der Waals surface area (Å²) in [6, 6.07) is 13.7. The van der Waals surface area contributed by atoms with Crippen molar-refractivity contribution in [1.82, 2.24) is 0 Å². The molecule has 0 unspecified atom stereocenters. The number of non-ortho nitro benzene ring substituents is 1. The van der Waals surface area contributed by atoms with Crippen molar-refractivity contribution >= 4 is 33.0 Å². The lowest BCUT2D eigenvalue weighted by atomic mass is 10.1. The average molecular weight is 445 g/mol. The van der Waals surface area contributed by atoms with Crippen LogP contribution < -0.4 is 14.8 Å². The van der Waals surface area contributed by atoms with Crippen LogP contribution in [0.3, 0.4) is 0 Å². The molecule has 0 saturated carbocycles. The molecule has 0 aromatic heterocycles. The molecular weight excluding hydrogens is 429 g/mol. The maximum Gasteiger partial charge on any atom is 0.273 e. The Morgan fingerprint density at radius 1 is 1.03 bits per heavy atom. The summed E-state index contributed by atoms with van der Waals surface area (Å²) >= 11 is 0. The van der Waals surface area contributed by atoms with Gasteiger partial charge in [0.15, 0.2) is 0 Å². The fraction of sp³-hybridized carbons (Fsp3) is 0.0500. The number of nitrogens with one attached hydrogen (secondary N) is 2. The van der Waals surface area contributed by atoms with E-state index in [2.05, 4.69) is 10.0 Å². The van der Waals surface area contributed by atoms with Crippen molar-refractivity contribution in [2.24, 2.45) is 0 Å². The molecule has 0 radical (unpaired) electrons. The van der Waals surface area contributed by atoms with Crippen LogP contribution in [0.2, 0.25) is 0 Å². The van der Waals surface area contributed by atoms with E-state index in [9.17, 15) is 27.7 Å². The number of hydrogen-bond donors (Lipinski definition) is 2. The van der Waals surface area contributed by atoms with E-state index in [0.29, 0.717) is 0 Å². The molecule has 160 valence electrons. The molecule has 0 aliphatic rings. The smallest absolute Gasteiger partial charge is 0.273 e. The van der Waals surface area contributed by atoms with Gasteiger partial charge in [-0.3, -0.25) is 19.6 Å². The van der Waals surface area contributed by atoms with E-state index in [4.69, 9.17) is 4.74 Å². The predicted molar refractivity (Wildman–Crippen MR) is 111 cm³/mol. The number of sulfonamides is 1. The van der Waals surface area contributed by atoms with Gasteiger partial charge in [-0.2, -0.15) is 0 Å². The average Bonchev–Trinajstić information content (AvgIpc) is 2.74. The molecule has 3 aromatic rings. The van der Waals surface area contributed by atoms with Crippen LogP contribution in [-0.2, 0) is 10.0 Å². The van der Waals surface area contributed by atoms with Crippen LogP contribution in [0, 0.1) is 15.9 Å². The molecule has 0 aliphatic carbocycles. The number of hydrogen-bond acceptors (Lipinski definition) is 6. The first-order chi connectivity index (χ1) is 14.7. The number of ether oxygens (including phenoxy) is 1. The van der Waals surface area contributed by atoms with Gasteiger partial charge in [0, 0.05) is 6.07 Å². The molecule has 31 heavy (non-hydrogen) atoms. The second kappa shape index (κ2) is 8.79. The number of carbonyl (C=O) groups is 1. The van der Waals surface area contributed by atoms with E-state index in [-0.39, 0.29) is 33.3 Å². The quantitative estimate of drug-likeness (QED) is 0.421. The number of benzene rings is 3.